The molecule has 98 valence electrons. The molecule has 0 aromatic heterocycles. The molecule has 1 aliphatic heterocycles. The van der Waals surface area contributed by atoms with Crippen molar-refractivity contribution in [1.29, 1.82) is 0 Å². The zero-order valence-corrected chi connectivity index (χ0v) is 11.4. The Hall–Kier alpha value is -1.35. The van der Waals surface area contributed by atoms with Gasteiger partial charge in [-0.3, -0.25) is 4.79 Å². The normalized spacial score (nSPS) is 14.8. The quantitative estimate of drug-likeness (QED) is 0.872. The molecule has 0 spiro atoms. The molecule has 0 saturated carbocycles. The molecule has 0 bridgehead atoms. The van der Waals surface area contributed by atoms with Crippen molar-refractivity contribution in [2.75, 3.05) is 11.4 Å². The summed E-state index contributed by atoms with van der Waals surface area (Å²) in [5.41, 5.74) is 3.06. The maximum atomic E-state index is 12.3. The van der Waals surface area contributed by atoms with Crippen LogP contribution in [0.5, 0.6) is 0 Å². The van der Waals surface area contributed by atoms with Crippen LogP contribution in [-0.4, -0.2) is 17.6 Å². The third-order valence-corrected chi connectivity index (χ3v) is 3.21. The van der Waals surface area contributed by atoms with Crippen LogP contribution in [0, 0.1) is 5.41 Å². The monoisotopic (exact) mass is 247 g/mol. The highest BCUT2D eigenvalue weighted by molar-refractivity contribution is 5.95. The van der Waals surface area contributed by atoms with Crippen LogP contribution < -0.4 is 4.90 Å². The van der Waals surface area contributed by atoms with Crippen molar-refractivity contribution in [2.24, 2.45) is 5.41 Å². The lowest BCUT2D eigenvalue weighted by Gasteiger charge is -2.23. The molecule has 1 aromatic rings. The van der Waals surface area contributed by atoms with Crippen molar-refractivity contribution in [3.63, 3.8) is 0 Å². The number of anilines is 1. The fourth-order valence-corrected chi connectivity index (χ4v) is 2.33. The van der Waals surface area contributed by atoms with Gasteiger partial charge < -0.3 is 10.0 Å². The van der Waals surface area contributed by atoms with Crippen LogP contribution in [0.3, 0.4) is 0 Å². The molecule has 0 atom stereocenters. The first-order chi connectivity index (χ1) is 8.40. The third-order valence-electron chi connectivity index (χ3n) is 3.21. The maximum Gasteiger partial charge on any atom is 0.227 e. The molecule has 0 radical (unpaired) electrons. The zero-order valence-electron chi connectivity index (χ0n) is 11.4. The van der Waals surface area contributed by atoms with Gasteiger partial charge in [-0.2, -0.15) is 0 Å². The van der Waals surface area contributed by atoms with Gasteiger partial charge in [0.1, 0.15) is 0 Å². The summed E-state index contributed by atoms with van der Waals surface area (Å²) in [7, 11) is 0. The van der Waals surface area contributed by atoms with E-state index < -0.39 is 0 Å². The van der Waals surface area contributed by atoms with E-state index in [0.29, 0.717) is 6.42 Å². The van der Waals surface area contributed by atoms with Crippen molar-refractivity contribution in [3.8, 4) is 0 Å². The topological polar surface area (TPSA) is 40.5 Å². The number of hydrogen-bond donors (Lipinski definition) is 1. The Morgan fingerprint density at radius 3 is 2.72 bits per heavy atom. The van der Waals surface area contributed by atoms with Gasteiger partial charge in [0.05, 0.1) is 6.61 Å². The van der Waals surface area contributed by atoms with Crippen molar-refractivity contribution >= 4 is 11.6 Å². The molecule has 0 saturated heterocycles. The van der Waals surface area contributed by atoms with E-state index in [9.17, 15) is 9.90 Å². The molecule has 18 heavy (non-hydrogen) atoms. The minimum absolute atomic E-state index is 0.00836. The highest BCUT2D eigenvalue weighted by Gasteiger charge is 2.27. The summed E-state index contributed by atoms with van der Waals surface area (Å²) in [5, 5.41) is 9.18. The number of carbonyl (C=O) groups excluding carboxylic acids is 1. The molecule has 2 rings (SSSR count). The van der Waals surface area contributed by atoms with Gasteiger partial charge in [0.25, 0.3) is 0 Å². The van der Waals surface area contributed by atoms with Gasteiger partial charge in [0.15, 0.2) is 0 Å². The summed E-state index contributed by atoms with van der Waals surface area (Å²) in [5.74, 6) is 0.177. The predicted molar refractivity (Wildman–Crippen MR) is 72.5 cm³/mol. The predicted octanol–water partition coefficient (Wildman–Crippen LogP) is 2.50. The lowest BCUT2D eigenvalue weighted by atomic mass is 9.91. The highest BCUT2D eigenvalue weighted by atomic mass is 16.3. The second-order valence-electron chi connectivity index (χ2n) is 6.15. The summed E-state index contributed by atoms with van der Waals surface area (Å²) < 4.78 is 0. The first-order valence-corrected chi connectivity index (χ1v) is 6.44. The molecule has 1 amide bonds. The number of rotatable bonds is 2. The second kappa shape index (κ2) is 4.73. The molecule has 1 aromatic carbocycles. The molecule has 0 fully saturated rings. The zero-order chi connectivity index (χ0) is 13.3. The minimum atomic E-state index is 0.00836. The van der Waals surface area contributed by atoms with Crippen molar-refractivity contribution in [2.45, 2.75) is 40.2 Å². The van der Waals surface area contributed by atoms with Crippen molar-refractivity contribution < 1.29 is 9.90 Å². The van der Waals surface area contributed by atoms with Crippen LogP contribution in [0.15, 0.2) is 18.2 Å². The van der Waals surface area contributed by atoms with Gasteiger partial charge in [-0.1, -0.05) is 32.9 Å². The number of aliphatic hydroxyl groups is 1. The molecular weight excluding hydrogens is 226 g/mol. The number of amides is 1. The average Bonchev–Trinajstić information content (AvgIpc) is 2.69. The fourth-order valence-electron chi connectivity index (χ4n) is 2.33. The van der Waals surface area contributed by atoms with Crippen molar-refractivity contribution in [1.82, 2.24) is 0 Å². The van der Waals surface area contributed by atoms with Gasteiger partial charge in [-0.25, -0.2) is 0 Å². The Kier molecular flexibility index (Phi) is 3.44. The van der Waals surface area contributed by atoms with E-state index in [0.717, 1.165) is 24.2 Å². The van der Waals surface area contributed by atoms with Crippen LogP contribution in [0.25, 0.3) is 0 Å². The molecule has 1 aliphatic rings. The highest BCUT2D eigenvalue weighted by Crippen LogP contribution is 2.31. The summed E-state index contributed by atoms with van der Waals surface area (Å²) >= 11 is 0. The Labute approximate surface area is 108 Å². The van der Waals surface area contributed by atoms with Crippen LogP contribution in [0.2, 0.25) is 0 Å². The molecule has 0 aliphatic carbocycles. The van der Waals surface area contributed by atoms with E-state index in [1.807, 2.05) is 23.1 Å². The number of nitrogens with zero attached hydrogens (tertiary/aromatic N) is 1. The van der Waals surface area contributed by atoms with Crippen LogP contribution >= 0.6 is 0 Å². The smallest absolute Gasteiger partial charge is 0.227 e. The molecule has 1 heterocycles. The van der Waals surface area contributed by atoms with Gasteiger partial charge in [0, 0.05) is 18.7 Å². The van der Waals surface area contributed by atoms with Crippen LogP contribution in [0.4, 0.5) is 5.69 Å². The van der Waals surface area contributed by atoms with Crippen LogP contribution in [-0.2, 0) is 17.8 Å². The van der Waals surface area contributed by atoms with Gasteiger partial charge in [0.2, 0.25) is 5.91 Å². The average molecular weight is 247 g/mol. The largest absolute Gasteiger partial charge is 0.392 e. The standard InChI is InChI=1S/C15H21NO2/c1-15(2,3)9-14(18)16-7-6-12-5-4-11(10-17)8-13(12)16/h4-5,8,17H,6-7,9-10H2,1-3H3. The summed E-state index contributed by atoms with van der Waals surface area (Å²) in [6.07, 6.45) is 1.46. The summed E-state index contributed by atoms with van der Waals surface area (Å²) in [4.78, 5) is 14.1. The van der Waals surface area contributed by atoms with Gasteiger partial charge >= 0.3 is 0 Å². The lowest BCUT2D eigenvalue weighted by molar-refractivity contribution is -0.120. The number of aliphatic hydroxyl groups excluding tert-OH is 1. The van der Waals surface area contributed by atoms with Gasteiger partial charge in [-0.05, 0) is 29.0 Å². The number of carbonyl (C=O) groups is 1. The Morgan fingerprint density at radius 2 is 2.11 bits per heavy atom. The lowest BCUT2D eigenvalue weighted by Crippen LogP contribution is -2.32. The van der Waals surface area contributed by atoms with E-state index in [4.69, 9.17) is 0 Å². The number of benzene rings is 1. The third kappa shape index (κ3) is 2.72. The Balaban J connectivity index is 2.22. The van der Waals surface area contributed by atoms with Crippen LogP contribution in [0.1, 0.15) is 38.3 Å². The van der Waals surface area contributed by atoms with E-state index in [1.165, 1.54) is 5.56 Å². The van der Waals surface area contributed by atoms with E-state index in [1.54, 1.807) is 0 Å². The minimum Gasteiger partial charge on any atom is -0.392 e. The second-order valence-corrected chi connectivity index (χ2v) is 6.15. The SMILES string of the molecule is CC(C)(C)CC(=O)N1CCc2ccc(CO)cc21. The summed E-state index contributed by atoms with van der Waals surface area (Å²) in [6.45, 7) is 7.01. The first kappa shape index (κ1) is 13.1. The fraction of sp³-hybridized carbons (Fsp3) is 0.533. The molecule has 0 unspecified atom stereocenters. The van der Waals surface area contributed by atoms with E-state index in [-0.39, 0.29) is 17.9 Å². The summed E-state index contributed by atoms with van der Waals surface area (Å²) in [6, 6.07) is 5.88. The van der Waals surface area contributed by atoms with E-state index >= 15 is 0 Å². The van der Waals surface area contributed by atoms with Gasteiger partial charge in [-0.15, -0.1) is 0 Å². The first-order valence-electron chi connectivity index (χ1n) is 6.44. The molecule has 1 N–H and O–H groups in total. The molecular formula is C15H21NO2. The maximum absolute atomic E-state index is 12.3. The number of fused-ring (bicyclic) bond motifs is 1. The van der Waals surface area contributed by atoms with E-state index in [2.05, 4.69) is 20.8 Å². The number of hydrogen-bond acceptors (Lipinski definition) is 2. The van der Waals surface area contributed by atoms with Crippen molar-refractivity contribution in [3.05, 3.63) is 29.3 Å². The Morgan fingerprint density at radius 1 is 1.39 bits per heavy atom. The Bertz CT molecular complexity index is 460. The molecule has 3 nitrogen and oxygen atoms in total. The molecule has 3 heteroatoms.